The van der Waals surface area contributed by atoms with Crippen LogP contribution in [0.2, 0.25) is 0 Å². The lowest BCUT2D eigenvalue weighted by atomic mass is 10.2. The average molecular weight is 194 g/mol. The number of hydrogen-bond donors (Lipinski definition) is 1. The largest absolute Gasteiger partial charge is 0.397 e. The van der Waals surface area contributed by atoms with E-state index in [9.17, 15) is 0 Å². The molecule has 1 aromatic heterocycles. The molecule has 0 aliphatic rings. The Morgan fingerprint density at radius 1 is 1.43 bits per heavy atom. The summed E-state index contributed by atoms with van der Waals surface area (Å²) in [7, 11) is 3.16. The summed E-state index contributed by atoms with van der Waals surface area (Å²) in [6.45, 7) is 0. The van der Waals surface area contributed by atoms with Crippen LogP contribution in [0.5, 0.6) is 0 Å². The summed E-state index contributed by atoms with van der Waals surface area (Å²) in [4.78, 5) is 3.89. The van der Waals surface area contributed by atoms with E-state index in [0.717, 1.165) is 5.56 Å². The standard InChI is InChI=1S/C10H14N2O2/c1-13-10(14-2)4-3-8-5-6-12-7-9(8)11/h3-7,10H,11H2,1-2H3/b4-3+. The van der Waals surface area contributed by atoms with Crippen molar-refractivity contribution < 1.29 is 9.47 Å². The molecule has 1 aromatic rings. The van der Waals surface area contributed by atoms with Crippen molar-refractivity contribution in [2.75, 3.05) is 20.0 Å². The van der Waals surface area contributed by atoms with E-state index in [4.69, 9.17) is 15.2 Å². The second-order valence-electron chi connectivity index (χ2n) is 2.70. The maximum absolute atomic E-state index is 5.69. The Morgan fingerprint density at radius 2 is 2.14 bits per heavy atom. The van der Waals surface area contributed by atoms with Gasteiger partial charge in [0.15, 0.2) is 6.29 Å². The first-order chi connectivity index (χ1) is 6.77. The molecule has 0 atom stereocenters. The zero-order valence-electron chi connectivity index (χ0n) is 8.31. The average Bonchev–Trinajstić information content (AvgIpc) is 2.22. The van der Waals surface area contributed by atoms with Crippen LogP contribution in [0.1, 0.15) is 5.56 Å². The Labute approximate surface area is 83.4 Å². The highest BCUT2D eigenvalue weighted by molar-refractivity contribution is 5.63. The first-order valence-electron chi connectivity index (χ1n) is 4.21. The van der Waals surface area contributed by atoms with E-state index >= 15 is 0 Å². The van der Waals surface area contributed by atoms with Crippen molar-refractivity contribution >= 4 is 11.8 Å². The van der Waals surface area contributed by atoms with Crippen LogP contribution in [0.15, 0.2) is 24.5 Å². The van der Waals surface area contributed by atoms with Crippen LogP contribution >= 0.6 is 0 Å². The number of nitrogens with two attached hydrogens (primary N) is 1. The van der Waals surface area contributed by atoms with Gasteiger partial charge in [0.1, 0.15) is 0 Å². The van der Waals surface area contributed by atoms with Crippen LogP contribution in [0.25, 0.3) is 6.08 Å². The van der Waals surface area contributed by atoms with Gasteiger partial charge in [-0.15, -0.1) is 0 Å². The van der Waals surface area contributed by atoms with Crippen molar-refractivity contribution in [1.29, 1.82) is 0 Å². The maximum atomic E-state index is 5.69. The summed E-state index contributed by atoms with van der Waals surface area (Å²) in [6.07, 6.45) is 6.57. The summed E-state index contributed by atoms with van der Waals surface area (Å²) in [5.41, 5.74) is 7.23. The molecule has 4 nitrogen and oxygen atoms in total. The van der Waals surface area contributed by atoms with Crippen LogP contribution in [0, 0.1) is 0 Å². The fourth-order valence-electron chi connectivity index (χ4n) is 1.00. The fraction of sp³-hybridized carbons (Fsp3) is 0.300. The van der Waals surface area contributed by atoms with E-state index in [1.165, 1.54) is 0 Å². The number of nitrogen functional groups attached to an aromatic ring is 1. The van der Waals surface area contributed by atoms with E-state index in [0.29, 0.717) is 5.69 Å². The second-order valence-corrected chi connectivity index (χ2v) is 2.70. The molecule has 0 aliphatic carbocycles. The number of anilines is 1. The second kappa shape index (κ2) is 5.36. The van der Waals surface area contributed by atoms with Crippen molar-refractivity contribution in [3.63, 3.8) is 0 Å². The van der Waals surface area contributed by atoms with Crippen molar-refractivity contribution in [1.82, 2.24) is 4.98 Å². The Morgan fingerprint density at radius 3 is 2.71 bits per heavy atom. The van der Waals surface area contributed by atoms with Gasteiger partial charge < -0.3 is 15.2 Å². The predicted octanol–water partition coefficient (Wildman–Crippen LogP) is 1.30. The smallest absolute Gasteiger partial charge is 0.176 e. The number of pyridine rings is 1. The molecule has 0 amide bonds. The SMILES string of the molecule is COC(/C=C/c1ccncc1N)OC. The molecule has 0 aromatic carbocycles. The zero-order chi connectivity index (χ0) is 10.4. The minimum Gasteiger partial charge on any atom is -0.397 e. The molecule has 0 unspecified atom stereocenters. The molecule has 0 saturated heterocycles. The normalized spacial score (nSPS) is 11.4. The molecule has 0 aliphatic heterocycles. The van der Waals surface area contributed by atoms with E-state index in [1.54, 1.807) is 32.7 Å². The number of rotatable bonds is 4. The monoisotopic (exact) mass is 194 g/mol. The third kappa shape index (κ3) is 2.83. The van der Waals surface area contributed by atoms with Crippen LogP contribution in [0.4, 0.5) is 5.69 Å². The third-order valence-corrected chi connectivity index (χ3v) is 1.78. The minimum absolute atomic E-state index is 0.345. The first-order valence-corrected chi connectivity index (χ1v) is 4.21. The van der Waals surface area contributed by atoms with Gasteiger partial charge in [0, 0.05) is 26.0 Å². The van der Waals surface area contributed by atoms with Gasteiger partial charge in [-0.3, -0.25) is 4.98 Å². The number of ether oxygens (including phenoxy) is 2. The molecule has 1 heterocycles. The highest BCUT2D eigenvalue weighted by Gasteiger charge is 1.98. The number of aromatic nitrogens is 1. The molecule has 14 heavy (non-hydrogen) atoms. The summed E-state index contributed by atoms with van der Waals surface area (Å²) >= 11 is 0. The van der Waals surface area contributed by atoms with Crippen molar-refractivity contribution in [3.05, 3.63) is 30.1 Å². The first kappa shape index (κ1) is 10.7. The van der Waals surface area contributed by atoms with Crippen LogP contribution in [0.3, 0.4) is 0 Å². The van der Waals surface area contributed by atoms with E-state index in [-0.39, 0.29) is 6.29 Å². The van der Waals surface area contributed by atoms with Gasteiger partial charge in [-0.1, -0.05) is 6.08 Å². The highest BCUT2D eigenvalue weighted by Crippen LogP contribution is 2.11. The van der Waals surface area contributed by atoms with Gasteiger partial charge >= 0.3 is 0 Å². The van der Waals surface area contributed by atoms with E-state index in [1.807, 2.05) is 12.1 Å². The third-order valence-electron chi connectivity index (χ3n) is 1.78. The lowest BCUT2D eigenvalue weighted by molar-refractivity contribution is -0.0660. The van der Waals surface area contributed by atoms with Crippen molar-refractivity contribution in [2.45, 2.75) is 6.29 Å². The topological polar surface area (TPSA) is 57.4 Å². The molecule has 0 spiro atoms. The molecule has 1 rings (SSSR count). The van der Waals surface area contributed by atoms with Gasteiger partial charge in [-0.2, -0.15) is 0 Å². The van der Waals surface area contributed by atoms with Crippen LogP contribution in [-0.4, -0.2) is 25.5 Å². The zero-order valence-corrected chi connectivity index (χ0v) is 8.31. The van der Waals surface area contributed by atoms with E-state index in [2.05, 4.69) is 4.98 Å². The quantitative estimate of drug-likeness (QED) is 0.734. The summed E-state index contributed by atoms with van der Waals surface area (Å²) in [5, 5.41) is 0. The van der Waals surface area contributed by atoms with Gasteiger partial charge in [-0.05, 0) is 12.1 Å². The van der Waals surface area contributed by atoms with Gasteiger partial charge in [-0.25, -0.2) is 0 Å². The molecule has 0 fully saturated rings. The number of nitrogens with zero attached hydrogens (tertiary/aromatic N) is 1. The molecule has 4 heteroatoms. The lowest BCUT2D eigenvalue weighted by Gasteiger charge is -2.07. The Bertz CT molecular complexity index is 309. The van der Waals surface area contributed by atoms with E-state index < -0.39 is 0 Å². The Kier molecular flexibility index (Phi) is 4.10. The summed E-state index contributed by atoms with van der Waals surface area (Å²) < 4.78 is 9.99. The summed E-state index contributed by atoms with van der Waals surface area (Å²) in [6, 6.07) is 1.83. The van der Waals surface area contributed by atoms with Gasteiger partial charge in [0.25, 0.3) is 0 Å². The molecule has 76 valence electrons. The minimum atomic E-state index is -0.345. The van der Waals surface area contributed by atoms with Gasteiger partial charge in [0.05, 0.1) is 11.9 Å². The van der Waals surface area contributed by atoms with Crippen LogP contribution in [-0.2, 0) is 9.47 Å². The molecule has 0 saturated carbocycles. The fourth-order valence-corrected chi connectivity index (χ4v) is 1.00. The number of methoxy groups -OCH3 is 2. The molecule has 0 radical (unpaired) electrons. The predicted molar refractivity (Wildman–Crippen MR) is 55.5 cm³/mol. The Hall–Kier alpha value is -1.39. The summed E-state index contributed by atoms with van der Waals surface area (Å²) in [5.74, 6) is 0. The van der Waals surface area contributed by atoms with Crippen LogP contribution < -0.4 is 5.73 Å². The highest BCUT2D eigenvalue weighted by atomic mass is 16.7. The molecular weight excluding hydrogens is 180 g/mol. The van der Waals surface area contributed by atoms with Gasteiger partial charge in [0.2, 0.25) is 0 Å². The molecular formula is C10H14N2O2. The molecule has 0 bridgehead atoms. The van der Waals surface area contributed by atoms with Crippen molar-refractivity contribution in [3.8, 4) is 0 Å². The molecule has 2 N–H and O–H groups in total. The Balaban J connectivity index is 2.72. The maximum Gasteiger partial charge on any atom is 0.176 e. The van der Waals surface area contributed by atoms with Crippen molar-refractivity contribution in [2.24, 2.45) is 0 Å². The lowest BCUT2D eigenvalue weighted by Crippen LogP contribution is -2.08. The number of hydrogen-bond acceptors (Lipinski definition) is 4.